The molecule has 0 aliphatic carbocycles. The van der Waals surface area contributed by atoms with E-state index in [1.165, 1.54) is 0 Å². The molecule has 0 aliphatic heterocycles. The van der Waals surface area contributed by atoms with Crippen molar-refractivity contribution in [1.82, 2.24) is 9.97 Å². The van der Waals surface area contributed by atoms with E-state index in [-0.39, 0.29) is 17.2 Å². The number of aromatic amines is 1. The summed E-state index contributed by atoms with van der Waals surface area (Å²) in [7, 11) is 0. The van der Waals surface area contributed by atoms with Gasteiger partial charge in [-0.1, -0.05) is 59.3 Å². The van der Waals surface area contributed by atoms with Crippen LogP contribution in [0.1, 0.15) is 22.3 Å². The number of nitriles is 1. The Morgan fingerprint density at radius 1 is 1.14 bits per heavy atom. The minimum absolute atomic E-state index is 0.0436. The average molecular weight is 404 g/mol. The van der Waals surface area contributed by atoms with Crippen LogP contribution >= 0.6 is 11.8 Å². The van der Waals surface area contributed by atoms with Crippen molar-refractivity contribution in [2.24, 2.45) is 0 Å². The maximum atomic E-state index is 12.3. The summed E-state index contributed by atoms with van der Waals surface area (Å²) in [5, 5.41) is 12.5. The molecule has 0 saturated heterocycles. The number of thioether (sulfide) groups is 1. The van der Waals surface area contributed by atoms with E-state index in [0.29, 0.717) is 16.4 Å². The summed E-state index contributed by atoms with van der Waals surface area (Å²) in [6, 6.07) is 15.1. The molecule has 146 valence electrons. The molecular formula is C22H20N4O2S. The van der Waals surface area contributed by atoms with Gasteiger partial charge in [-0.3, -0.25) is 9.59 Å². The number of carbonyl (C=O) groups excluding carboxylic acids is 1. The molecule has 0 radical (unpaired) electrons. The normalized spacial score (nSPS) is 10.4. The molecule has 0 fully saturated rings. The van der Waals surface area contributed by atoms with Gasteiger partial charge in [-0.15, -0.1) is 0 Å². The molecule has 2 N–H and O–H groups in total. The highest BCUT2D eigenvalue weighted by Crippen LogP contribution is 2.23. The molecule has 3 aromatic rings. The van der Waals surface area contributed by atoms with Crippen LogP contribution in [0, 0.1) is 32.1 Å². The van der Waals surface area contributed by atoms with Gasteiger partial charge in [-0.25, -0.2) is 4.98 Å². The van der Waals surface area contributed by atoms with E-state index >= 15 is 0 Å². The maximum absolute atomic E-state index is 12.3. The number of benzene rings is 2. The number of nitrogens with zero attached hydrogens (tertiary/aromatic N) is 2. The smallest absolute Gasteiger partial charge is 0.270 e. The first-order chi connectivity index (χ1) is 13.9. The zero-order valence-electron chi connectivity index (χ0n) is 16.4. The molecule has 1 heterocycles. The topological polar surface area (TPSA) is 98.6 Å². The van der Waals surface area contributed by atoms with Crippen LogP contribution in [-0.2, 0) is 4.79 Å². The third-order valence-electron chi connectivity index (χ3n) is 4.33. The maximum Gasteiger partial charge on any atom is 0.270 e. The van der Waals surface area contributed by atoms with E-state index in [9.17, 15) is 14.9 Å². The second kappa shape index (κ2) is 8.76. The van der Waals surface area contributed by atoms with E-state index in [4.69, 9.17) is 0 Å². The number of rotatable bonds is 5. The SMILES string of the molecule is Cc1ccc(-c2nc(SCC(=O)Nc3ccc(C)cc3C)[nH]c(=O)c2C#N)cc1. The summed E-state index contributed by atoms with van der Waals surface area (Å²) in [6.45, 7) is 5.88. The number of anilines is 1. The van der Waals surface area contributed by atoms with Crippen molar-refractivity contribution in [3.63, 3.8) is 0 Å². The van der Waals surface area contributed by atoms with Crippen LogP contribution in [0.4, 0.5) is 5.69 Å². The minimum atomic E-state index is -0.518. The Labute approximate surface area is 173 Å². The fourth-order valence-corrected chi connectivity index (χ4v) is 3.48. The van der Waals surface area contributed by atoms with Gasteiger partial charge in [0, 0.05) is 11.3 Å². The van der Waals surface area contributed by atoms with Gasteiger partial charge in [0.15, 0.2) is 5.16 Å². The standard InChI is InChI=1S/C22H20N4O2S/c1-13-4-7-16(8-5-13)20-17(11-23)21(28)26-22(25-20)29-12-19(27)24-18-9-6-14(2)10-15(18)3/h4-10H,12H2,1-3H3,(H,24,27)(H,25,26,28). The number of carbonyl (C=O) groups is 1. The lowest BCUT2D eigenvalue weighted by Crippen LogP contribution is -2.18. The minimum Gasteiger partial charge on any atom is -0.325 e. The van der Waals surface area contributed by atoms with Gasteiger partial charge < -0.3 is 10.3 Å². The third-order valence-corrected chi connectivity index (χ3v) is 5.20. The second-order valence-corrected chi connectivity index (χ2v) is 7.69. The predicted octanol–water partition coefficient (Wildman–Crippen LogP) is 3.96. The molecule has 29 heavy (non-hydrogen) atoms. The zero-order valence-corrected chi connectivity index (χ0v) is 17.2. The molecule has 0 saturated carbocycles. The predicted molar refractivity (Wildman–Crippen MR) is 115 cm³/mol. The number of amides is 1. The van der Waals surface area contributed by atoms with Crippen molar-refractivity contribution in [2.75, 3.05) is 11.1 Å². The van der Waals surface area contributed by atoms with Gasteiger partial charge in [-0.2, -0.15) is 5.26 Å². The lowest BCUT2D eigenvalue weighted by molar-refractivity contribution is -0.113. The van der Waals surface area contributed by atoms with E-state index in [0.717, 1.165) is 34.1 Å². The molecule has 0 aliphatic rings. The first-order valence-corrected chi connectivity index (χ1v) is 9.97. The van der Waals surface area contributed by atoms with Gasteiger partial charge in [0.25, 0.3) is 5.56 Å². The first-order valence-electron chi connectivity index (χ1n) is 8.98. The van der Waals surface area contributed by atoms with Gasteiger partial charge >= 0.3 is 0 Å². The van der Waals surface area contributed by atoms with Crippen molar-refractivity contribution < 1.29 is 4.79 Å². The van der Waals surface area contributed by atoms with Gasteiger partial charge in [0.2, 0.25) is 5.91 Å². The Morgan fingerprint density at radius 3 is 2.48 bits per heavy atom. The monoisotopic (exact) mass is 404 g/mol. The molecule has 1 aromatic heterocycles. The van der Waals surface area contributed by atoms with Crippen molar-refractivity contribution in [1.29, 1.82) is 5.26 Å². The Bertz CT molecular complexity index is 1160. The highest BCUT2D eigenvalue weighted by Gasteiger charge is 2.15. The lowest BCUT2D eigenvalue weighted by Gasteiger charge is -2.09. The largest absolute Gasteiger partial charge is 0.325 e. The summed E-state index contributed by atoms with van der Waals surface area (Å²) in [6.07, 6.45) is 0. The van der Waals surface area contributed by atoms with E-state index in [1.54, 1.807) is 0 Å². The summed E-state index contributed by atoms with van der Waals surface area (Å²) in [5.41, 5.74) is 4.35. The molecule has 0 atom stereocenters. The van der Waals surface area contributed by atoms with Crippen LogP contribution in [0.5, 0.6) is 0 Å². The van der Waals surface area contributed by atoms with Crippen LogP contribution < -0.4 is 10.9 Å². The van der Waals surface area contributed by atoms with E-state index in [2.05, 4.69) is 15.3 Å². The molecular weight excluding hydrogens is 384 g/mol. The van der Waals surface area contributed by atoms with Crippen molar-refractivity contribution in [2.45, 2.75) is 25.9 Å². The molecule has 0 bridgehead atoms. The van der Waals surface area contributed by atoms with Crippen molar-refractivity contribution in [3.8, 4) is 17.3 Å². The van der Waals surface area contributed by atoms with Gasteiger partial charge in [-0.05, 0) is 32.4 Å². The van der Waals surface area contributed by atoms with Crippen molar-refractivity contribution in [3.05, 3.63) is 75.1 Å². The van der Waals surface area contributed by atoms with Crippen LogP contribution in [0.15, 0.2) is 52.4 Å². The number of H-pyrrole nitrogens is 1. The Hall–Kier alpha value is -3.37. The number of nitrogens with one attached hydrogen (secondary N) is 2. The fourth-order valence-electron chi connectivity index (χ4n) is 2.82. The molecule has 0 spiro atoms. The number of aromatic nitrogens is 2. The Kier molecular flexibility index (Phi) is 6.15. The average Bonchev–Trinajstić information content (AvgIpc) is 2.69. The third kappa shape index (κ3) is 4.92. The molecule has 0 unspecified atom stereocenters. The van der Waals surface area contributed by atoms with Crippen LogP contribution in [0.25, 0.3) is 11.3 Å². The first kappa shape index (κ1) is 20.4. The van der Waals surface area contributed by atoms with E-state index in [1.807, 2.05) is 69.3 Å². The molecule has 7 heteroatoms. The Balaban J connectivity index is 1.79. The van der Waals surface area contributed by atoms with Crippen LogP contribution in [-0.4, -0.2) is 21.6 Å². The summed E-state index contributed by atoms with van der Waals surface area (Å²) in [4.78, 5) is 31.6. The number of hydrogen-bond donors (Lipinski definition) is 2. The van der Waals surface area contributed by atoms with Gasteiger partial charge in [0.05, 0.1) is 11.4 Å². The van der Waals surface area contributed by atoms with Crippen molar-refractivity contribution >= 4 is 23.4 Å². The summed E-state index contributed by atoms with van der Waals surface area (Å²) < 4.78 is 0. The van der Waals surface area contributed by atoms with Crippen LogP contribution in [0.3, 0.4) is 0 Å². The molecule has 1 amide bonds. The molecule has 2 aromatic carbocycles. The van der Waals surface area contributed by atoms with Gasteiger partial charge in [0.1, 0.15) is 11.6 Å². The highest BCUT2D eigenvalue weighted by molar-refractivity contribution is 7.99. The second-order valence-electron chi connectivity index (χ2n) is 6.73. The lowest BCUT2D eigenvalue weighted by atomic mass is 10.1. The summed E-state index contributed by atoms with van der Waals surface area (Å²) >= 11 is 1.11. The molecule has 3 rings (SSSR count). The number of hydrogen-bond acceptors (Lipinski definition) is 5. The fraction of sp³-hybridized carbons (Fsp3) is 0.182. The Morgan fingerprint density at radius 2 is 1.83 bits per heavy atom. The zero-order chi connectivity index (χ0) is 21.0. The summed E-state index contributed by atoms with van der Waals surface area (Å²) in [5.74, 6) is -0.124. The highest BCUT2D eigenvalue weighted by atomic mass is 32.2. The quantitative estimate of drug-likeness (QED) is 0.495. The van der Waals surface area contributed by atoms with Crippen LogP contribution in [0.2, 0.25) is 0 Å². The molecule has 6 nitrogen and oxygen atoms in total. The number of aryl methyl sites for hydroxylation is 3. The van der Waals surface area contributed by atoms with E-state index < -0.39 is 5.56 Å².